The molecule has 1 atom stereocenters. The number of ether oxygens (including phenoxy) is 1. The second kappa shape index (κ2) is 11.1. The van der Waals surface area contributed by atoms with Crippen LogP contribution < -0.4 is 10.1 Å². The van der Waals surface area contributed by atoms with Crippen molar-refractivity contribution >= 4 is 23.4 Å². The van der Waals surface area contributed by atoms with E-state index in [1.165, 1.54) is 19.6 Å². The summed E-state index contributed by atoms with van der Waals surface area (Å²) in [5.74, 6) is -0.435. The Morgan fingerprint density at radius 1 is 1.32 bits per heavy atom. The lowest BCUT2D eigenvalue weighted by Gasteiger charge is -2.33. The van der Waals surface area contributed by atoms with E-state index in [9.17, 15) is 14.7 Å². The molecule has 1 aromatic carbocycles. The summed E-state index contributed by atoms with van der Waals surface area (Å²) in [4.78, 5) is 27.4. The summed E-state index contributed by atoms with van der Waals surface area (Å²) in [7, 11) is 1.45. The highest BCUT2D eigenvalue weighted by Gasteiger charge is 2.32. The van der Waals surface area contributed by atoms with Crippen LogP contribution in [0.15, 0.2) is 18.2 Å². The van der Waals surface area contributed by atoms with E-state index in [0.29, 0.717) is 12.1 Å². The van der Waals surface area contributed by atoms with Crippen molar-refractivity contribution in [2.24, 2.45) is 0 Å². The van der Waals surface area contributed by atoms with Crippen molar-refractivity contribution in [3.05, 3.63) is 23.8 Å². The molecule has 0 aromatic heterocycles. The predicted octanol–water partition coefficient (Wildman–Crippen LogP) is 3.76. The number of hydrogen-bond donors (Lipinski definition) is 2. The number of halogens is 1. The van der Waals surface area contributed by atoms with Crippen molar-refractivity contribution in [2.45, 2.75) is 64.0 Å². The number of phenols is 1. The first kappa shape index (κ1) is 22.3. The van der Waals surface area contributed by atoms with E-state index in [1.807, 2.05) is 6.92 Å². The first-order valence-electron chi connectivity index (χ1n) is 10.0. The molecule has 0 spiro atoms. The molecule has 2 amide bonds. The summed E-state index contributed by atoms with van der Waals surface area (Å²) in [5, 5.41) is 13.1. The molecule has 0 bridgehead atoms. The third kappa shape index (κ3) is 5.77. The summed E-state index contributed by atoms with van der Waals surface area (Å²) in [6, 6.07) is 4.07. The van der Waals surface area contributed by atoms with Crippen LogP contribution in [0.4, 0.5) is 0 Å². The van der Waals surface area contributed by atoms with Gasteiger partial charge in [0.15, 0.2) is 11.5 Å². The Hall–Kier alpha value is -1.95. The van der Waals surface area contributed by atoms with Crippen LogP contribution in [0.3, 0.4) is 0 Å². The number of methoxy groups -OCH3 is 1. The van der Waals surface area contributed by atoms with E-state index in [0.717, 1.165) is 38.5 Å². The van der Waals surface area contributed by atoms with Crippen LogP contribution in [-0.4, -0.2) is 47.4 Å². The number of carbonyl (C=O) groups is 2. The van der Waals surface area contributed by atoms with Crippen molar-refractivity contribution < 1.29 is 19.4 Å². The maximum atomic E-state index is 13.3. The fourth-order valence-electron chi connectivity index (χ4n) is 3.67. The number of phenolic OH excluding ortho intramolecular Hbond substituents is 1. The zero-order valence-corrected chi connectivity index (χ0v) is 17.5. The van der Waals surface area contributed by atoms with Crippen LogP contribution in [0.1, 0.15) is 63.5 Å². The molecule has 1 saturated carbocycles. The largest absolute Gasteiger partial charge is 0.504 e. The number of nitrogens with zero attached hydrogens (tertiary/aromatic N) is 1. The van der Waals surface area contributed by atoms with E-state index in [-0.39, 0.29) is 35.2 Å². The monoisotopic (exact) mass is 410 g/mol. The number of amides is 2. The molecule has 156 valence electrons. The minimum atomic E-state index is -0.811. The summed E-state index contributed by atoms with van der Waals surface area (Å²) in [5.41, 5.74) is 0.595. The third-order valence-corrected chi connectivity index (χ3v) is 5.45. The molecule has 1 fully saturated rings. The number of alkyl halides is 1. The normalized spacial score (nSPS) is 15.7. The van der Waals surface area contributed by atoms with Gasteiger partial charge in [-0.05, 0) is 37.0 Å². The van der Waals surface area contributed by atoms with E-state index >= 15 is 0 Å². The maximum absolute atomic E-state index is 13.3. The van der Waals surface area contributed by atoms with Crippen molar-refractivity contribution in [1.82, 2.24) is 10.2 Å². The fourth-order valence-corrected chi connectivity index (χ4v) is 3.82. The van der Waals surface area contributed by atoms with Gasteiger partial charge in [-0.25, -0.2) is 0 Å². The van der Waals surface area contributed by atoms with Crippen molar-refractivity contribution in [3.8, 4) is 11.5 Å². The average Bonchev–Trinajstić information content (AvgIpc) is 2.71. The SMILES string of the molecule is CCCCN(C(=O)CCl)[C@@H](C(=O)NC1CCCCC1)c1ccc(O)c(OC)c1. The van der Waals surface area contributed by atoms with Crippen LogP contribution in [0.25, 0.3) is 0 Å². The predicted molar refractivity (Wildman–Crippen MR) is 110 cm³/mol. The fraction of sp³-hybridized carbons (Fsp3) is 0.619. The van der Waals surface area contributed by atoms with Gasteiger partial charge < -0.3 is 20.1 Å². The van der Waals surface area contributed by atoms with Gasteiger partial charge in [0.1, 0.15) is 11.9 Å². The summed E-state index contributed by atoms with van der Waals surface area (Å²) < 4.78 is 5.20. The van der Waals surface area contributed by atoms with Gasteiger partial charge in [0, 0.05) is 12.6 Å². The summed E-state index contributed by atoms with van der Waals surface area (Å²) in [6.45, 7) is 2.47. The van der Waals surface area contributed by atoms with Crippen LogP contribution >= 0.6 is 11.6 Å². The number of hydrogen-bond acceptors (Lipinski definition) is 4. The zero-order valence-electron chi connectivity index (χ0n) is 16.7. The standard InChI is InChI=1S/C21H31ClN2O4/c1-3-4-12-24(19(26)14-22)20(15-10-11-17(25)18(13-15)28-2)21(27)23-16-8-6-5-7-9-16/h10-11,13,16,20,25H,3-9,12,14H2,1-2H3,(H,23,27)/t20-/m1/s1. The Bertz CT molecular complexity index is 662. The van der Waals surface area contributed by atoms with Crippen LogP contribution in [0, 0.1) is 0 Å². The molecule has 0 saturated heterocycles. The van der Waals surface area contributed by atoms with Gasteiger partial charge in [0.2, 0.25) is 11.8 Å². The molecule has 6 nitrogen and oxygen atoms in total. The van der Waals surface area contributed by atoms with Gasteiger partial charge in [-0.1, -0.05) is 38.7 Å². The number of nitrogens with one attached hydrogen (secondary N) is 1. The maximum Gasteiger partial charge on any atom is 0.247 e. The Morgan fingerprint density at radius 2 is 2.04 bits per heavy atom. The van der Waals surface area contributed by atoms with Crippen molar-refractivity contribution in [3.63, 3.8) is 0 Å². The first-order chi connectivity index (χ1) is 13.5. The molecule has 0 unspecified atom stereocenters. The second-order valence-electron chi connectivity index (χ2n) is 7.25. The van der Waals surface area contributed by atoms with Gasteiger partial charge in [-0.15, -0.1) is 11.6 Å². The minimum absolute atomic E-state index is 0.0125. The first-order valence-corrected chi connectivity index (χ1v) is 10.6. The lowest BCUT2D eigenvalue weighted by Crippen LogP contribution is -2.47. The highest BCUT2D eigenvalue weighted by Crippen LogP contribution is 2.32. The van der Waals surface area contributed by atoms with Crippen molar-refractivity contribution in [1.29, 1.82) is 0 Å². The second-order valence-corrected chi connectivity index (χ2v) is 7.52. The van der Waals surface area contributed by atoms with Crippen LogP contribution in [-0.2, 0) is 9.59 Å². The van der Waals surface area contributed by atoms with E-state index < -0.39 is 6.04 Å². The molecule has 0 radical (unpaired) electrons. The molecular formula is C21H31ClN2O4. The lowest BCUT2D eigenvalue weighted by atomic mass is 9.94. The number of carbonyl (C=O) groups excluding carboxylic acids is 2. The highest BCUT2D eigenvalue weighted by atomic mass is 35.5. The van der Waals surface area contributed by atoms with Crippen LogP contribution in [0.2, 0.25) is 0 Å². The lowest BCUT2D eigenvalue weighted by molar-refractivity contribution is -0.139. The Kier molecular flexibility index (Phi) is 8.90. The quantitative estimate of drug-likeness (QED) is 0.607. The van der Waals surface area contributed by atoms with Gasteiger partial charge in [-0.2, -0.15) is 0 Å². The third-order valence-electron chi connectivity index (χ3n) is 5.22. The summed E-state index contributed by atoms with van der Waals surface area (Å²) in [6.07, 6.45) is 6.96. The molecule has 2 N–H and O–H groups in total. The molecule has 0 heterocycles. The van der Waals surface area contributed by atoms with Gasteiger partial charge in [-0.3, -0.25) is 9.59 Å². The average molecular weight is 411 g/mol. The van der Waals surface area contributed by atoms with E-state index in [4.69, 9.17) is 16.3 Å². The molecule has 0 aliphatic heterocycles. The molecule has 1 aromatic rings. The van der Waals surface area contributed by atoms with Gasteiger partial charge >= 0.3 is 0 Å². The highest BCUT2D eigenvalue weighted by molar-refractivity contribution is 6.27. The molecule has 1 aliphatic carbocycles. The Balaban J connectivity index is 2.37. The number of unbranched alkanes of at least 4 members (excludes halogenated alkanes) is 1. The summed E-state index contributed by atoms with van der Waals surface area (Å²) >= 11 is 5.85. The Labute approximate surface area is 172 Å². The smallest absolute Gasteiger partial charge is 0.247 e. The van der Waals surface area contributed by atoms with E-state index in [2.05, 4.69) is 5.32 Å². The Morgan fingerprint density at radius 3 is 2.64 bits per heavy atom. The minimum Gasteiger partial charge on any atom is -0.504 e. The van der Waals surface area contributed by atoms with Crippen molar-refractivity contribution in [2.75, 3.05) is 19.5 Å². The topological polar surface area (TPSA) is 78.9 Å². The number of benzene rings is 1. The van der Waals surface area contributed by atoms with E-state index in [1.54, 1.807) is 17.0 Å². The van der Waals surface area contributed by atoms with Crippen LogP contribution in [0.5, 0.6) is 11.5 Å². The molecule has 1 aliphatic rings. The zero-order chi connectivity index (χ0) is 20.5. The molecular weight excluding hydrogens is 380 g/mol. The molecule has 7 heteroatoms. The van der Waals surface area contributed by atoms with Gasteiger partial charge in [0.05, 0.1) is 7.11 Å². The van der Waals surface area contributed by atoms with Gasteiger partial charge in [0.25, 0.3) is 0 Å². The number of aromatic hydroxyl groups is 1. The molecule has 2 rings (SSSR count). The molecule has 28 heavy (non-hydrogen) atoms. The number of rotatable bonds is 9.